The highest BCUT2D eigenvalue weighted by molar-refractivity contribution is 8.00. The summed E-state index contributed by atoms with van der Waals surface area (Å²) in [6.07, 6.45) is 0.482. The number of hydrogen-bond acceptors (Lipinski definition) is 8. The number of esters is 1. The second-order valence-electron chi connectivity index (χ2n) is 9.29. The van der Waals surface area contributed by atoms with Gasteiger partial charge in [-0.15, -0.1) is 23.1 Å². The zero-order chi connectivity index (χ0) is 30.9. The Kier molecular flexibility index (Phi) is 10.6. The largest absolute Gasteiger partial charge is 0.497 e. The van der Waals surface area contributed by atoms with Crippen LogP contribution in [0.2, 0.25) is 0 Å². The molecule has 3 aromatic carbocycles. The van der Waals surface area contributed by atoms with Crippen LogP contribution in [0.5, 0.6) is 5.75 Å². The predicted octanol–water partition coefficient (Wildman–Crippen LogP) is 6.87. The Labute approximate surface area is 258 Å². The van der Waals surface area contributed by atoms with Crippen molar-refractivity contribution in [2.24, 2.45) is 0 Å². The van der Waals surface area contributed by atoms with Gasteiger partial charge < -0.3 is 25.4 Å². The van der Waals surface area contributed by atoms with E-state index in [0.29, 0.717) is 39.5 Å². The van der Waals surface area contributed by atoms with E-state index in [4.69, 9.17) is 9.47 Å². The number of para-hydroxylation sites is 1. The van der Waals surface area contributed by atoms with Crippen molar-refractivity contribution in [3.63, 3.8) is 0 Å². The Hall–Kier alpha value is -4.61. The van der Waals surface area contributed by atoms with Gasteiger partial charge in [0.25, 0.3) is 11.8 Å². The van der Waals surface area contributed by atoms with Gasteiger partial charge in [0.15, 0.2) is 0 Å². The number of ether oxygens (including phenoxy) is 2. The molecule has 4 aromatic rings. The van der Waals surface area contributed by atoms with Crippen molar-refractivity contribution in [2.45, 2.75) is 30.4 Å². The first-order valence-electron chi connectivity index (χ1n) is 13.3. The smallest absolute Gasteiger partial charge is 0.341 e. The number of thiophene rings is 1. The van der Waals surface area contributed by atoms with Gasteiger partial charge in [0.2, 0.25) is 5.91 Å². The number of carbonyl (C=O) groups excluding carboxylic acids is 4. The second kappa shape index (κ2) is 14.5. The highest BCUT2D eigenvalue weighted by atomic mass is 32.2. The van der Waals surface area contributed by atoms with E-state index in [0.717, 1.165) is 16.2 Å². The van der Waals surface area contributed by atoms with E-state index in [1.165, 1.54) is 26.0 Å². The Morgan fingerprint density at radius 2 is 1.53 bits per heavy atom. The fourth-order valence-corrected chi connectivity index (χ4v) is 6.28. The normalized spacial score (nSPS) is 11.3. The Bertz CT molecular complexity index is 1640. The van der Waals surface area contributed by atoms with Crippen LogP contribution >= 0.6 is 23.1 Å². The van der Waals surface area contributed by atoms with Crippen molar-refractivity contribution in [1.29, 1.82) is 0 Å². The van der Waals surface area contributed by atoms with Gasteiger partial charge in [-0.2, -0.15) is 0 Å². The lowest BCUT2D eigenvalue weighted by molar-refractivity contribution is -0.115. The molecule has 0 saturated carbocycles. The van der Waals surface area contributed by atoms with E-state index in [-0.39, 0.29) is 22.4 Å². The number of thioether (sulfide) groups is 1. The summed E-state index contributed by atoms with van der Waals surface area (Å²) in [5.41, 5.74) is 2.19. The molecule has 0 spiro atoms. The molecule has 3 N–H and O–H groups in total. The Morgan fingerprint density at radius 1 is 0.837 bits per heavy atom. The number of carbonyl (C=O) groups is 4. The molecule has 0 aliphatic rings. The molecule has 1 heterocycles. The van der Waals surface area contributed by atoms with E-state index in [1.54, 1.807) is 73.7 Å². The summed E-state index contributed by atoms with van der Waals surface area (Å²) in [6, 6.07) is 23.0. The van der Waals surface area contributed by atoms with Crippen LogP contribution in [0.3, 0.4) is 0 Å². The summed E-state index contributed by atoms with van der Waals surface area (Å²) in [6.45, 7) is 3.53. The molecule has 0 radical (unpaired) electrons. The third-order valence-electron chi connectivity index (χ3n) is 6.38. The van der Waals surface area contributed by atoms with Gasteiger partial charge in [0.1, 0.15) is 10.8 Å². The SMILES string of the molecule is CCC(Sc1cccc(NC(=O)c2cccc(OC)c2)c1)C(=O)Nc1sc(C(=O)Nc2ccccc2)c(C)c1C(=O)OC. The minimum absolute atomic E-state index is 0.140. The summed E-state index contributed by atoms with van der Waals surface area (Å²) in [7, 11) is 2.79. The van der Waals surface area contributed by atoms with Gasteiger partial charge in [-0.25, -0.2) is 4.79 Å². The van der Waals surface area contributed by atoms with Crippen LogP contribution in [0.1, 0.15) is 49.3 Å². The van der Waals surface area contributed by atoms with E-state index < -0.39 is 17.1 Å². The highest BCUT2D eigenvalue weighted by Crippen LogP contribution is 2.36. The second-order valence-corrected chi connectivity index (χ2v) is 11.6. The zero-order valence-corrected chi connectivity index (χ0v) is 25.7. The zero-order valence-electron chi connectivity index (χ0n) is 24.1. The predicted molar refractivity (Wildman–Crippen MR) is 171 cm³/mol. The number of benzene rings is 3. The van der Waals surface area contributed by atoms with Crippen molar-refractivity contribution in [2.75, 3.05) is 30.2 Å². The standard InChI is InChI=1S/C32H31N3O6S2/c1-5-25(42-24-16-10-14-22(18-24)34-28(36)20-11-9-15-23(17-20)40-3)29(37)35-31-26(32(39)41-4)19(2)27(43-31)30(38)33-21-12-7-6-8-13-21/h6-18,25H,5H2,1-4H3,(H,33,38)(H,34,36)(H,35,37). The molecule has 43 heavy (non-hydrogen) atoms. The molecular weight excluding hydrogens is 587 g/mol. The Balaban J connectivity index is 1.49. The maximum absolute atomic E-state index is 13.4. The number of amides is 3. The molecule has 3 amide bonds. The minimum Gasteiger partial charge on any atom is -0.497 e. The average Bonchev–Trinajstić information content (AvgIpc) is 3.35. The Morgan fingerprint density at radius 3 is 2.23 bits per heavy atom. The lowest BCUT2D eigenvalue weighted by Gasteiger charge is -2.15. The van der Waals surface area contributed by atoms with Gasteiger partial charge in [0.05, 0.1) is 29.9 Å². The first-order chi connectivity index (χ1) is 20.7. The first kappa shape index (κ1) is 31.3. The molecule has 11 heteroatoms. The monoisotopic (exact) mass is 617 g/mol. The third-order valence-corrected chi connectivity index (χ3v) is 8.94. The van der Waals surface area contributed by atoms with Crippen LogP contribution in [0.4, 0.5) is 16.4 Å². The van der Waals surface area contributed by atoms with Crippen molar-refractivity contribution in [3.8, 4) is 5.75 Å². The van der Waals surface area contributed by atoms with Crippen LogP contribution in [0.15, 0.2) is 83.8 Å². The van der Waals surface area contributed by atoms with Crippen LogP contribution in [-0.2, 0) is 9.53 Å². The number of anilines is 3. The molecule has 0 bridgehead atoms. The van der Waals surface area contributed by atoms with Crippen molar-refractivity contribution in [3.05, 3.63) is 100 Å². The number of methoxy groups -OCH3 is 2. The molecule has 0 aliphatic carbocycles. The van der Waals surface area contributed by atoms with Crippen LogP contribution in [-0.4, -0.2) is 43.2 Å². The lowest BCUT2D eigenvalue weighted by Crippen LogP contribution is -2.25. The van der Waals surface area contributed by atoms with E-state index in [9.17, 15) is 19.2 Å². The van der Waals surface area contributed by atoms with Gasteiger partial charge in [-0.1, -0.05) is 37.3 Å². The minimum atomic E-state index is -0.650. The van der Waals surface area contributed by atoms with Crippen LogP contribution < -0.4 is 20.7 Å². The van der Waals surface area contributed by atoms with Gasteiger partial charge in [-0.3, -0.25) is 14.4 Å². The summed E-state index contributed by atoms with van der Waals surface area (Å²) in [5, 5.41) is 8.26. The fourth-order valence-electron chi connectivity index (χ4n) is 4.17. The summed E-state index contributed by atoms with van der Waals surface area (Å²) in [5.74, 6) is -1.09. The molecule has 0 fully saturated rings. The molecule has 4 rings (SSSR count). The van der Waals surface area contributed by atoms with E-state index in [1.807, 2.05) is 19.1 Å². The summed E-state index contributed by atoms with van der Waals surface area (Å²) in [4.78, 5) is 53.0. The lowest BCUT2D eigenvalue weighted by atomic mass is 10.1. The molecule has 0 saturated heterocycles. The topological polar surface area (TPSA) is 123 Å². The van der Waals surface area contributed by atoms with Crippen molar-refractivity contribution >= 4 is 63.2 Å². The molecule has 1 aromatic heterocycles. The van der Waals surface area contributed by atoms with E-state index >= 15 is 0 Å². The number of rotatable bonds is 11. The maximum atomic E-state index is 13.4. The molecule has 9 nitrogen and oxygen atoms in total. The molecule has 222 valence electrons. The number of hydrogen-bond donors (Lipinski definition) is 3. The molecular formula is C32H31N3O6S2. The van der Waals surface area contributed by atoms with Gasteiger partial charge in [0, 0.05) is 21.8 Å². The third kappa shape index (κ3) is 7.82. The van der Waals surface area contributed by atoms with E-state index in [2.05, 4.69) is 16.0 Å². The molecule has 0 aliphatic heterocycles. The summed E-state index contributed by atoms with van der Waals surface area (Å²) < 4.78 is 10.2. The maximum Gasteiger partial charge on any atom is 0.341 e. The van der Waals surface area contributed by atoms with Crippen LogP contribution in [0, 0.1) is 6.92 Å². The molecule has 1 unspecified atom stereocenters. The van der Waals surface area contributed by atoms with Crippen molar-refractivity contribution < 1.29 is 28.7 Å². The summed E-state index contributed by atoms with van der Waals surface area (Å²) >= 11 is 2.34. The van der Waals surface area contributed by atoms with Crippen molar-refractivity contribution in [1.82, 2.24) is 0 Å². The fraction of sp³-hybridized carbons (Fsp3) is 0.188. The number of nitrogens with one attached hydrogen (secondary N) is 3. The van der Waals surface area contributed by atoms with Gasteiger partial charge in [-0.05, 0) is 67.4 Å². The highest BCUT2D eigenvalue weighted by Gasteiger charge is 2.28. The first-order valence-corrected chi connectivity index (χ1v) is 15.0. The van der Waals surface area contributed by atoms with Crippen LogP contribution in [0.25, 0.3) is 0 Å². The van der Waals surface area contributed by atoms with Gasteiger partial charge >= 0.3 is 5.97 Å². The quantitative estimate of drug-likeness (QED) is 0.124. The molecule has 1 atom stereocenters. The average molecular weight is 618 g/mol.